The molecule has 4 aliphatic rings. The Kier molecular flexibility index (Phi) is 20.6. The second-order valence-corrected chi connectivity index (χ2v) is 22.3. The van der Waals surface area contributed by atoms with Crippen LogP contribution >= 0.6 is 11.3 Å². The van der Waals surface area contributed by atoms with Gasteiger partial charge >= 0.3 is 0 Å². The quantitative estimate of drug-likeness (QED) is 0.0383. The maximum Gasteiger partial charge on any atom is 0.263 e. The van der Waals surface area contributed by atoms with Crippen LogP contribution in [0.5, 0.6) is 5.75 Å². The Morgan fingerprint density at radius 3 is 2.21 bits per heavy atom. The SMILES string of the molecule is CNC(C)C(=O)NC(C(=O)N1CCC[C@H]1c1nc(C(=O)c2cccc(OCCOCCOCCOCCC(=O)N3CCN(c4ccc(Nc5ncc6c(C)c(C(C)=O)c(=O)n(C7CCCC7)c6n5)nc4)CC3)c2)cs1)C1CCCCC1. The maximum atomic E-state index is 14.2. The fourth-order valence-electron chi connectivity index (χ4n) is 11.5. The molecule has 2 unspecified atom stereocenters. The van der Waals surface area contributed by atoms with E-state index in [-0.39, 0.29) is 71.4 Å². The predicted molar refractivity (Wildman–Crippen MR) is 308 cm³/mol. The largest absolute Gasteiger partial charge is 0.491 e. The molecule has 0 bridgehead atoms. The molecule has 21 nitrogen and oxygen atoms in total. The summed E-state index contributed by atoms with van der Waals surface area (Å²) < 4.78 is 24.7. The molecular weight excluding hydrogens is 1050 g/mol. The van der Waals surface area contributed by atoms with Gasteiger partial charge in [0, 0.05) is 61.3 Å². The van der Waals surface area contributed by atoms with Gasteiger partial charge in [-0.2, -0.15) is 4.98 Å². The number of aromatic nitrogens is 5. The normalized spacial score (nSPS) is 17.8. The first kappa shape index (κ1) is 58.9. The number of carbonyl (C=O) groups excluding carboxylic acids is 5. The van der Waals surface area contributed by atoms with Gasteiger partial charge in [-0.05, 0) is 102 Å². The Morgan fingerprint density at radius 2 is 1.51 bits per heavy atom. The Balaban J connectivity index is 0.628. The number of Topliss-reactive ketones (excluding diaryl/α,β-unsaturated/α-hetero) is 1. The molecule has 3 amide bonds. The van der Waals surface area contributed by atoms with E-state index in [1.165, 1.54) is 18.3 Å². The highest BCUT2D eigenvalue weighted by atomic mass is 32.1. The van der Waals surface area contributed by atoms with Crippen molar-refractivity contribution in [3.63, 3.8) is 0 Å². The van der Waals surface area contributed by atoms with E-state index in [1.54, 1.807) is 67.5 Å². The number of likely N-dealkylation sites (N-methyl/N-ethyl adjacent to an activating group) is 1. The number of hydrogen-bond donors (Lipinski definition) is 3. The van der Waals surface area contributed by atoms with Gasteiger partial charge in [0.05, 0.1) is 75.6 Å². The number of aryl methyl sites for hydroxylation is 1. The van der Waals surface area contributed by atoms with Crippen LogP contribution < -0.4 is 31.1 Å². The molecule has 2 aliphatic heterocycles. The van der Waals surface area contributed by atoms with Crippen LogP contribution in [0.15, 0.2) is 59.0 Å². The molecule has 0 radical (unpaired) electrons. The number of pyridine rings is 2. The summed E-state index contributed by atoms with van der Waals surface area (Å²) in [5.41, 5.74) is 2.72. The van der Waals surface area contributed by atoms with Crippen LogP contribution in [-0.4, -0.2) is 162 Å². The van der Waals surface area contributed by atoms with Crippen molar-refractivity contribution in [1.29, 1.82) is 0 Å². The summed E-state index contributed by atoms with van der Waals surface area (Å²) in [6.45, 7) is 10.4. The summed E-state index contributed by atoms with van der Waals surface area (Å²) in [4.78, 5) is 105. The van der Waals surface area contributed by atoms with Gasteiger partial charge in [-0.25, -0.2) is 15.0 Å². The molecule has 2 saturated carbocycles. The van der Waals surface area contributed by atoms with Crippen molar-refractivity contribution in [2.75, 3.05) is 96.2 Å². The summed E-state index contributed by atoms with van der Waals surface area (Å²) in [5.74, 6) is 0.789. The number of anilines is 3. The van der Waals surface area contributed by atoms with E-state index in [1.807, 2.05) is 21.9 Å². The van der Waals surface area contributed by atoms with Crippen molar-refractivity contribution in [3.05, 3.63) is 91.9 Å². The van der Waals surface area contributed by atoms with E-state index < -0.39 is 12.1 Å². The third-order valence-electron chi connectivity index (χ3n) is 16.1. The summed E-state index contributed by atoms with van der Waals surface area (Å²) in [7, 11) is 1.73. The smallest absolute Gasteiger partial charge is 0.263 e. The number of benzene rings is 1. The number of thiazole rings is 1. The summed E-state index contributed by atoms with van der Waals surface area (Å²) in [6.07, 6.45) is 14.1. The fourth-order valence-corrected chi connectivity index (χ4v) is 12.5. The first-order chi connectivity index (χ1) is 39.4. The predicted octanol–water partition coefficient (Wildman–Crippen LogP) is 6.75. The van der Waals surface area contributed by atoms with Gasteiger partial charge in [-0.3, -0.25) is 33.3 Å². The van der Waals surface area contributed by atoms with Crippen molar-refractivity contribution in [2.45, 2.75) is 122 Å². The van der Waals surface area contributed by atoms with E-state index in [2.05, 4.69) is 30.8 Å². The Bertz CT molecular complexity index is 3040. The molecule has 3 N–H and O–H groups in total. The Morgan fingerprint density at radius 1 is 0.790 bits per heavy atom. The fraction of sp³-hybridized carbons (Fsp3) is 0.559. The molecule has 2 saturated heterocycles. The minimum atomic E-state index is -0.589. The van der Waals surface area contributed by atoms with E-state index in [4.69, 9.17) is 28.9 Å². The average Bonchev–Trinajstić information content (AvgIpc) is 4.36. The van der Waals surface area contributed by atoms with Gasteiger partial charge in [0.2, 0.25) is 29.5 Å². The van der Waals surface area contributed by atoms with Gasteiger partial charge in [0.15, 0.2) is 5.78 Å². The van der Waals surface area contributed by atoms with Crippen LogP contribution in [0.1, 0.15) is 140 Å². The molecule has 9 rings (SSSR count). The molecule has 4 fully saturated rings. The summed E-state index contributed by atoms with van der Waals surface area (Å²) in [6, 6.07) is 9.55. The Labute approximate surface area is 476 Å². The van der Waals surface area contributed by atoms with Crippen molar-refractivity contribution in [3.8, 4) is 5.75 Å². The van der Waals surface area contributed by atoms with Crippen LogP contribution in [0.25, 0.3) is 11.0 Å². The number of ether oxygens (including phenoxy) is 4. The number of piperazine rings is 1. The van der Waals surface area contributed by atoms with Crippen molar-refractivity contribution < 1.29 is 42.9 Å². The number of rotatable bonds is 26. The second-order valence-electron chi connectivity index (χ2n) is 21.4. The van der Waals surface area contributed by atoms with Crippen LogP contribution in [0.2, 0.25) is 0 Å². The van der Waals surface area contributed by atoms with Gasteiger partial charge in [0.25, 0.3) is 5.56 Å². The maximum absolute atomic E-state index is 14.2. The van der Waals surface area contributed by atoms with Crippen molar-refractivity contribution in [1.82, 2.24) is 44.9 Å². The topological polar surface area (TPSA) is 242 Å². The number of amides is 3. The van der Waals surface area contributed by atoms with Crippen molar-refractivity contribution in [2.24, 2.45) is 5.92 Å². The first-order valence-electron chi connectivity index (χ1n) is 28.8. The average molecular weight is 1130 g/mol. The van der Waals surface area contributed by atoms with Crippen LogP contribution in [-0.2, 0) is 28.6 Å². The van der Waals surface area contributed by atoms with E-state index in [0.29, 0.717) is 118 Å². The minimum Gasteiger partial charge on any atom is -0.491 e. The lowest BCUT2D eigenvalue weighted by Crippen LogP contribution is -2.55. The van der Waals surface area contributed by atoms with E-state index in [9.17, 15) is 28.8 Å². The molecule has 5 aromatic rings. The number of carbonyl (C=O) groups is 5. The lowest BCUT2D eigenvalue weighted by molar-refractivity contribution is -0.139. The zero-order valence-corrected chi connectivity index (χ0v) is 47.9. The first-order valence-corrected chi connectivity index (χ1v) is 29.7. The standard InChI is InChI=1S/C59H77N11O10S/c1-38-46-36-62-59(66-54(46)70(43-15-8-9-16-43)57(75)51(38)40(3)71)64-49-20-19-44(35-61-49)67-23-25-68(26-24-67)50(72)21-27-77-28-29-78-30-31-79-32-33-80-45-17-10-14-42(34-45)53(73)47-37-81-56(63-47)48-18-11-22-69(48)58(76)52(41-12-6-5-7-13-41)65-55(74)39(2)60-4/h10,14,17,19-20,34-37,39,41,43,48,52,60H,5-9,11-13,15-16,18,21-33H2,1-4H3,(H,65,74)(H,61,62,64,66)/t39?,48-,52?/m0/s1. The number of ketones is 2. The van der Waals surface area contributed by atoms with Crippen LogP contribution in [0, 0.1) is 12.8 Å². The van der Waals surface area contributed by atoms with Crippen LogP contribution in [0.3, 0.4) is 0 Å². The molecule has 4 aromatic heterocycles. The molecule has 6 heterocycles. The minimum absolute atomic E-state index is 0.0133. The lowest BCUT2D eigenvalue weighted by atomic mass is 9.83. The highest BCUT2D eigenvalue weighted by molar-refractivity contribution is 7.10. The summed E-state index contributed by atoms with van der Waals surface area (Å²) >= 11 is 1.39. The molecule has 1 aromatic carbocycles. The number of nitrogens with zero attached hydrogens (tertiary/aromatic N) is 8. The second kappa shape index (κ2) is 28.3. The van der Waals surface area contributed by atoms with Gasteiger partial charge in [-0.1, -0.05) is 44.2 Å². The molecular formula is C59H77N11O10S. The molecule has 0 spiro atoms. The number of likely N-dealkylation sites (tertiary alicyclic amines) is 1. The van der Waals surface area contributed by atoms with Gasteiger partial charge in [0.1, 0.15) is 40.6 Å². The zero-order valence-electron chi connectivity index (χ0n) is 47.1. The van der Waals surface area contributed by atoms with Gasteiger partial charge in [-0.15, -0.1) is 11.3 Å². The summed E-state index contributed by atoms with van der Waals surface area (Å²) in [5, 5.41) is 12.4. The molecule has 22 heteroatoms. The zero-order chi connectivity index (χ0) is 56.8. The number of fused-ring (bicyclic) bond motifs is 1. The van der Waals surface area contributed by atoms with E-state index >= 15 is 0 Å². The lowest BCUT2D eigenvalue weighted by Gasteiger charge is -2.36. The molecule has 434 valence electrons. The van der Waals surface area contributed by atoms with Crippen LogP contribution in [0.4, 0.5) is 17.5 Å². The highest BCUT2D eigenvalue weighted by Crippen LogP contribution is 2.37. The molecule has 81 heavy (non-hydrogen) atoms. The van der Waals surface area contributed by atoms with Crippen molar-refractivity contribution >= 4 is 69.1 Å². The van der Waals surface area contributed by atoms with Gasteiger partial charge < -0.3 is 49.6 Å². The Hall–Kier alpha value is -6.72. The third-order valence-corrected chi connectivity index (χ3v) is 17.1. The number of hydrogen-bond acceptors (Lipinski definition) is 18. The third kappa shape index (κ3) is 14.7. The highest BCUT2D eigenvalue weighted by Gasteiger charge is 2.40. The number of nitrogens with one attached hydrogen (secondary N) is 3. The monoisotopic (exact) mass is 1130 g/mol. The molecule has 3 atom stereocenters. The molecule has 2 aliphatic carbocycles. The van der Waals surface area contributed by atoms with E-state index in [0.717, 1.165) is 81.3 Å².